The third-order valence-electron chi connectivity index (χ3n) is 6.34. The molecule has 170 valence electrons. The van der Waals surface area contributed by atoms with E-state index in [1.54, 1.807) is 31.4 Å². The molecule has 7 heteroatoms. The van der Waals surface area contributed by atoms with Gasteiger partial charge in [-0.2, -0.15) is 0 Å². The van der Waals surface area contributed by atoms with Gasteiger partial charge in [0.25, 0.3) is 5.91 Å². The number of rotatable bonds is 7. The number of benzene rings is 2. The van der Waals surface area contributed by atoms with Crippen LogP contribution in [0.25, 0.3) is 0 Å². The first kappa shape index (κ1) is 22.3. The zero-order valence-electron chi connectivity index (χ0n) is 18.4. The van der Waals surface area contributed by atoms with Gasteiger partial charge in [0.2, 0.25) is 5.91 Å². The Morgan fingerprint density at radius 1 is 1.03 bits per heavy atom. The average Bonchev–Trinajstić information content (AvgIpc) is 3.37. The first-order valence-electron chi connectivity index (χ1n) is 11.1. The predicted molar refractivity (Wildman–Crippen MR) is 121 cm³/mol. The topological polar surface area (TPSA) is 85.9 Å². The summed E-state index contributed by atoms with van der Waals surface area (Å²) in [6, 6.07) is 14.6. The number of methoxy groups -OCH3 is 1. The molecular formula is C25H30N2O5. The molecule has 2 aromatic rings. The van der Waals surface area contributed by atoms with Gasteiger partial charge in [0.15, 0.2) is 0 Å². The van der Waals surface area contributed by atoms with Crippen molar-refractivity contribution in [3.8, 4) is 5.75 Å². The summed E-state index contributed by atoms with van der Waals surface area (Å²) in [4.78, 5) is 25.8. The molecule has 2 heterocycles. The third-order valence-corrected chi connectivity index (χ3v) is 6.34. The Morgan fingerprint density at radius 2 is 1.75 bits per heavy atom. The van der Waals surface area contributed by atoms with E-state index in [1.807, 2.05) is 24.3 Å². The number of amides is 2. The lowest BCUT2D eigenvalue weighted by Crippen LogP contribution is -2.44. The van der Waals surface area contributed by atoms with Gasteiger partial charge in [-0.3, -0.25) is 9.59 Å². The molecule has 0 radical (unpaired) electrons. The van der Waals surface area contributed by atoms with Gasteiger partial charge in [0.05, 0.1) is 18.6 Å². The maximum absolute atomic E-state index is 13.4. The molecule has 0 unspecified atom stereocenters. The fraction of sp³-hybridized carbons (Fsp3) is 0.440. The number of anilines is 1. The Hall–Kier alpha value is -2.90. The van der Waals surface area contributed by atoms with Gasteiger partial charge < -0.3 is 24.8 Å². The average molecular weight is 439 g/mol. The van der Waals surface area contributed by atoms with Gasteiger partial charge in [-0.15, -0.1) is 0 Å². The minimum Gasteiger partial charge on any atom is -0.497 e. The number of hydrogen-bond acceptors (Lipinski definition) is 5. The molecule has 2 saturated heterocycles. The normalized spacial score (nSPS) is 19.8. The van der Waals surface area contributed by atoms with E-state index in [9.17, 15) is 9.59 Å². The van der Waals surface area contributed by atoms with Crippen LogP contribution >= 0.6 is 0 Å². The summed E-state index contributed by atoms with van der Waals surface area (Å²) in [5.74, 6) is 0.545. The maximum atomic E-state index is 13.4. The summed E-state index contributed by atoms with van der Waals surface area (Å²) in [5, 5.41) is 5.96. The lowest BCUT2D eigenvalue weighted by Gasteiger charge is -2.36. The minimum absolute atomic E-state index is 0.0680. The highest BCUT2D eigenvalue weighted by molar-refractivity contribution is 6.00. The minimum atomic E-state index is -0.665. The van der Waals surface area contributed by atoms with Gasteiger partial charge in [0, 0.05) is 37.6 Å². The molecule has 1 atom stereocenters. The number of carbonyl (C=O) groups is 2. The van der Waals surface area contributed by atoms with E-state index in [1.165, 1.54) is 0 Å². The fourth-order valence-electron chi connectivity index (χ4n) is 4.35. The second kappa shape index (κ2) is 10.1. The van der Waals surface area contributed by atoms with Crippen molar-refractivity contribution in [1.29, 1.82) is 0 Å². The van der Waals surface area contributed by atoms with Crippen LogP contribution in [0.2, 0.25) is 0 Å². The van der Waals surface area contributed by atoms with Crippen molar-refractivity contribution in [1.82, 2.24) is 5.32 Å². The van der Waals surface area contributed by atoms with Crippen LogP contribution in [0.1, 0.15) is 41.6 Å². The zero-order valence-corrected chi connectivity index (χ0v) is 18.4. The summed E-state index contributed by atoms with van der Waals surface area (Å²) in [6.07, 6.45) is 3.33. The molecule has 2 aliphatic heterocycles. The quantitative estimate of drug-likeness (QED) is 0.693. The molecule has 2 fully saturated rings. The van der Waals surface area contributed by atoms with Gasteiger partial charge in [-0.1, -0.05) is 12.1 Å². The summed E-state index contributed by atoms with van der Waals surface area (Å²) in [6.45, 7) is 2.34. The fourth-order valence-corrected chi connectivity index (χ4v) is 4.35. The van der Waals surface area contributed by atoms with Crippen molar-refractivity contribution in [2.45, 2.75) is 37.2 Å². The molecule has 2 amide bonds. The van der Waals surface area contributed by atoms with E-state index in [0.29, 0.717) is 43.9 Å². The Morgan fingerprint density at radius 3 is 2.38 bits per heavy atom. The van der Waals surface area contributed by atoms with Crippen LogP contribution in [0.4, 0.5) is 5.69 Å². The Labute approximate surface area is 188 Å². The van der Waals surface area contributed by atoms with Crippen LogP contribution in [0, 0.1) is 0 Å². The third kappa shape index (κ3) is 4.95. The van der Waals surface area contributed by atoms with Crippen molar-refractivity contribution in [3.05, 3.63) is 59.7 Å². The maximum Gasteiger partial charge on any atom is 0.251 e. The number of ether oxygens (including phenoxy) is 3. The number of hydrogen-bond donors (Lipinski definition) is 2. The molecule has 0 saturated carbocycles. The molecule has 7 nitrogen and oxygen atoms in total. The monoisotopic (exact) mass is 438 g/mol. The molecule has 32 heavy (non-hydrogen) atoms. The van der Waals surface area contributed by atoms with Gasteiger partial charge in [-0.25, -0.2) is 0 Å². The van der Waals surface area contributed by atoms with Crippen LogP contribution in [0.15, 0.2) is 48.5 Å². The number of carbonyl (C=O) groups excluding carboxylic acids is 2. The Kier molecular flexibility index (Phi) is 7.07. The van der Waals surface area contributed by atoms with Gasteiger partial charge in [0.1, 0.15) is 5.75 Å². The van der Waals surface area contributed by atoms with E-state index in [0.717, 1.165) is 30.8 Å². The molecule has 2 N–H and O–H groups in total. The van der Waals surface area contributed by atoms with E-state index in [2.05, 4.69) is 10.6 Å². The summed E-state index contributed by atoms with van der Waals surface area (Å²) < 4.78 is 16.3. The molecule has 0 aliphatic carbocycles. The highest BCUT2D eigenvalue weighted by Crippen LogP contribution is 2.37. The second-order valence-electron chi connectivity index (χ2n) is 8.30. The standard InChI is InChI=1S/C25H30N2O5/c1-30-21-10-6-19(7-11-21)25(12-15-31-16-13-25)24(29)27-20-8-4-18(5-9-20)23(28)26-17-22-3-2-14-32-22/h4-11,22H,2-3,12-17H2,1H3,(H,26,28)(H,27,29)/t22-/m1/s1. The first-order chi connectivity index (χ1) is 15.6. The molecular weight excluding hydrogens is 408 g/mol. The second-order valence-corrected chi connectivity index (χ2v) is 8.30. The molecule has 4 rings (SSSR count). The highest BCUT2D eigenvalue weighted by atomic mass is 16.5. The van der Waals surface area contributed by atoms with Gasteiger partial charge >= 0.3 is 0 Å². The van der Waals surface area contributed by atoms with E-state index in [-0.39, 0.29) is 17.9 Å². The van der Waals surface area contributed by atoms with Gasteiger partial charge in [-0.05, 0) is 67.6 Å². The molecule has 0 bridgehead atoms. The summed E-state index contributed by atoms with van der Waals surface area (Å²) in [7, 11) is 1.62. The Balaban J connectivity index is 1.43. The molecule has 0 spiro atoms. The van der Waals surface area contributed by atoms with Crippen LogP contribution in [0.5, 0.6) is 5.75 Å². The summed E-state index contributed by atoms with van der Waals surface area (Å²) >= 11 is 0. The first-order valence-corrected chi connectivity index (χ1v) is 11.1. The lowest BCUT2D eigenvalue weighted by atomic mass is 9.73. The van der Waals surface area contributed by atoms with E-state index >= 15 is 0 Å². The van der Waals surface area contributed by atoms with Crippen molar-refractivity contribution in [3.63, 3.8) is 0 Å². The van der Waals surface area contributed by atoms with Crippen molar-refractivity contribution in [2.75, 3.05) is 38.8 Å². The Bertz CT molecular complexity index is 914. The highest BCUT2D eigenvalue weighted by Gasteiger charge is 2.41. The molecule has 2 aliphatic rings. The smallest absolute Gasteiger partial charge is 0.251 e. The molecule has 0 aromatic heterocycles. The zero-order chi connectivity index (χ0) is 22.4. The summed E-state index contributed by atoms with van der Waals surface area (Å²) in [5.41, 5.74) is 1.49. The van der Waals surface area contributed by atoms with E-state index < -0.39 is 5.41 Å². The lowest BCUT2D eigenvalue weighted by molar-refractivity contribution is -0.125. The van der Waals surface area contributed by atoms with Crippen molar-refractivity contribution in [2.24, 2.45) is 0 Å². The van der Waals surface area contributed by atoms with Crippen molar-refractivity contribution >= 4 is 17.5 Å². The largest absolute Gasteiger partial charge is 0.497 e. The van der Waals surface area contributed by atoms with Crippen LogP contribution < -0.4 is 15.4 Å². The van der Waals surface area contributed by atoms with Crippen molar-refractivity contribution < 1.29 is 23.8 Å². The van der Waals surface area contributed by atoms with E-state index in [4.69, 9.17) is 14.2 Å². The van der Waals surface area contributed by atoms with Crippen LogP contribution in [-0.4, -0.2) is 51.4 Å². The SMILES string of the molecule is COc1ccc(C2(C(=O)Nc3ccc(C(=O)NC[C@H]4CCCO4)cc3)CCOCC2)cc1. The van der Waals surface area contributed by atoms with Crippen LogP contribution in [0.3, 0.4) is 0 Å². The molecule has 2 aromatic carbocycles. The van der Waals surface area contributed by atoms with Crippen LogP contribution in [-0.2, 0) is 19.7 Å². The predicted octanol–water partition coefficient (Wildman–Crippen LogP) is 3.29. The number of nitrogens with one attached hydrogen (secondary N) is 2.